The SMILES string of the molecule is O=C(O)CCC(=O)C(=O)OC1CCC2N=Cc3ccccc3C2C1. The van der Waals surface area contributed by atoms with Crippen LogP contribution in [0.15, 0.2) is 29.3 Å². The molecule has 0 aromatic heterocycles. The minimum absolute atomic E-state index is 0.187. The molecule has 126 valence electrons. The van der Waals surface area contributed by atoms with E-state index in [0.717, 1.165) is 12.0 Å². The maximum Gasteiger partial charge on any atom is 0.374 e. The second-order valence-corrected chi connectivity index (χ2v) is 6.24. The van der Waals surface area contributed by atoms with E-state index in [4.69, 9.17) is 9.84 Å². The number of carbonyl (C=O) groups is 3. The molecule has 24 heavy (non-hydrogen) atoms. The number of ketones is 1. The van der Waals surface area contributed by atoms with Gasteiger partial charge in [-0.15, -0.1) is 0 Å². The summed E-state index contributed by atoms with van der Waals surface area (Å²) >= 11 is 0. The van der Waals surface area contributed by atoms with Gasteiger partial charge in [0, 0.05) is 18.6 Å². The van der Waals surface area contributed by atoms with Crippen LogP contribution in [0.5, 0.6) is 0 Å². The lowest BCUT2D eigenvalue weighted by Gasteiger charge is -2.36. The molecule has 3 rings (SSSR count). The Kier molecular flexibility index (Phi) is 4.74. The Balaban J connectivity index is 1.62. The highest BCUT2D eigenvalue weighted by atomic mass is 16.5. The maximum atomic E-state index is 11.8. The van der Waals surface area contributed by atoms with E-state index in [9.17, 15) is 14.4 Å². The highest BCUT2D eigenvalue weighted by Gasteiger charge is 2.36. The van der Waals surface area contributed by atoms with Gasteiger partial charge >= 0.3 is 11.9 Å². The molecular formula is C18H19NO5. The van der Waals surface area contributed by atoms with Crippen molar-refractivity contribution in [1.29, 1.82) is 0 Å². The normalized spacial score (nSPS) is 24.6. The van der Waals surface area contributed by atoms with E-state index < -0.39 is 17.7 Å². The lowest BCUT2D eigenvalue weighted by Crippen LogP contribution is -2.35. The molecule has 1 saturated carbocycles. The zero-order valence-corrected chi connectivity index (χ0v) is 13.2. The molecule has 1 aromatic carbocycles. The van der Waals surface area contributed by atoms with Crippen molar-refractivity contribution in [2.24, 2.45) is 4.99 Å². The van der Waals surface area contributed by atoms with Gasteiger partial charge in [0.15, 0.2) is 0 Å². The largest absolute Gasteiger partial charge is 0.481 e. The third kappa shape index (κ3) is 3.53. The van der Waals surface area contributed by atoms with Crippen molar-refractivity contribution in [3.8, 4) is 0 Å². The Bertz CT molecular complexity index is 696. The van der Waals surface area contributed by atoms with Crippen LogP contribution in [0.25, 0.3) is 0 Å². The predicted molar refractivity (Wildman–Crippen MR) is 86.2 cm³/mol. The molecule has 1 fully saturated rings. The van der Waals surface area contributed by atoms with E-state index in [0.29, 0.717) is 12.8 Å². The van der Waals surface area contributed by atoms with Gasteiger partial charge in [-0.2, -0.15) is 0 Å². The molecule has 1 aromatic rings. The van der Waals surface area contributed by atoms with Crippen molar-refractivity contribution in [3.05, 3.63) is 35.4 Å². The molecular weight excluding hydrogens is 310 g/mol. The van der Waals surface area contributed by atoms with E-state index in [1.54, 1.807) is 0 Å². The van der Waals surface area contributed by atoms with Crippen LogP contribution >= 0.6 is 0 Å². The second-order valence-electron chi connectivity index (χ2n) is 6.24. The highest BCUT2D eigenvalue weighted by molar-refractivity contribution is 6.33. The molecule has 3 unspecified atom stereocenters. The van der Waals surface area contributed by atoms with Crippen molar-refractivity contribution in [3.63, 3.8) is 0 Å². The van der Waals surface area contributed by atoms with Crippen molar-refractivity contribution >= 4 is 23.9 Å². The molecule has 0 amide bonds. The molecule has 0 saturated heterocycles. The predicted octanol–water partition coefficient (Wildman–Crippen LogP) is 2.10. The third-order valence-electron chi connectivity index (χ3n) is 4.63. The van der Waals surface area contributed by atoms with E-state index in [-0.39, 0.29) is 30.9 Å². The number of carbonyl (C=O) groups excluding carboxylic acids is 2. The monoisotopic (exact) mass is 329 g/mol. The summed E-state index contributed by atoms with van der Waals surface area (Å²) < 4.78 is 5.32. The number of Topliss-reactive ketones (excluding diaryl/α,β-unsaturated/α-hetero) is 1. The van der Waals surface area contributed by atoms with Crippen molar-refractivity contribution in [1.82, 2.24) is 0 Å². The minimum Gasteiger partial charge on any atom is -0.481 e. The number of rotatable bonds is 5. The summed E-state index contributed by atoms with van der Waals surface area (Å²) in [5.74, 6) is -2.62. The fraction of sp³-hybridized carbons (Fsp3) is 0.444. The first-order valence-corrected chi connectivity index (χ1v) is 8.12. The van der Waals surface area contributed by atoms with E-state index >= 15 is 0 Å². The molecule has 2 aliphatic rings. The molecule has 0 spiro atoms. The second kappa shape index (κ2) is 6.95. The van der Waals surface area contributed by atoms with Crippen LogP contribution in [-0.4, -0.2) is 41.2 Å². The van der Waals surface area contributed by atoms with E-state index in [1.165, 1.54) is 5.56 Å². The lowest BCUT2D eigenvalue weighted by atomic mass is 9.76. The quantitative estimate of drug-likeness (QED) is 0.659. The van der Waals surface area contributed by atoms with Crippen molar-refractivity contribution < 1.29 is 24.2 Å². The van der Waals surface area contributed by atoms with Crippen LogP contribution in [0.3, 0.4) is 0 Å². The number of aliphatic imine (C=N–C) groups is 1. The number of carboxylic acids is 1. The Hall–Kier alpha value is -2.50. The summed E-state index contributed by atoms with van der Waals surface area (Å²) in [6.45, 7) is 0. The van der Waals surface area contributed by atoms with Gasteiger partial charge in [-0.25, -0.2) is 4.79 Å². The number of aliphatic carboxylic acids is 1. The van der Waals surface area contributed by atoms with Gasteiger partial charge in [-0.1, -0.05) is 24.3 Å². The van der Waals surface area contributed by atoms with Gasteiger partial charge in [0.05, 0.1) is 12.5 Å². The standard InChI is InChI=1S/C18H19NO5/c20-16(7-8-17(21)22)18(23)24-12-5-6-15-14(9-12)13-4-2-1-3-11(13)10-19-15/h1-4,10,12,14-15H,5-9H2,(H,21,22). The highest BCUT2D eigenvalue weighted by Crippen LogP contribution is 2.39. The van der Waals surface area contributed by atoms with E-state index in [1.807, 2.05) is 24.4 Å². The van der Waals surface area contributed by atoms with Gasteiger partial charge < -0.3 is 9.84 Å². The fourth-order valence-electron chi connectivity index (χ4n) is 3.42. The summed E-state index contributed by atoms with van der Waals surface area (Å²) in [7, 11) is 0. The Morgan fingerprint density at radius 2 is 1.96 bits per heavy atom. The molecule has 3 atom stereocenters. The average molecular weight is 329 g/mol. The number of hydrogen-bond donors (Lipinski definition) is 1. The first kappa shape index (κ1) is 16.4. The van der Waals surface area contributed by atoms with Crippen LogP contribution in [0, 0.1) is 0 Å². The summed E-state index contributed by atoms with van der Waals surface area (Å²) in [5.41, 5.74) is 2.29. The van der Waals surface area contributed by atoms with Gasteiger partial charge in [0.25, 0.3) is 0 Å². The van der Waals surface area contributed by atoms with Crippen LogP contribution in [0.2, 0.25) is 0 Å². The molecule has 1 N–H and O–H groups in total. The van der Waals surface area contributed by atoms with Crippen LogP contribution < -0.4 is 0 Å². The molecule has 6 nitrogen and oxygen atoms in total. The summed E-state index contributed by atoms with van der Waals surface area (Å²) in [4.78, 5) is 38.5. The van der Waals surface area contributed by atoms with Gasteiger partial charge in [-0.05, 0) is 30.4 Å². The Morgan fingerprint density at radius 3 is 2.75 bits per heavy atom. The van der Waals surface area contributed by atoms with Crippen LogP contribution in [-0.2, 0) is 19.1 Å². The molecule has 6 heteroatoms. The van der Waals surface area contributed by atoms with Gasteiger partial charge in [-0.3, -0.25) is 14.6 Å². The number of nitrogens with zero attached hydrogens (tertiary/aromatic N) is 1. The topological polar surface area (TPSA) is 93.0 Å². The first-order valence-electron chi connectivity index (χ1n) is 8.12. The number of carboxylic acid groups (broad SMARTS) is 1. The average Bonchev–Trinajstić information content (AvgIpc) is 2.59. The lowest BCUT2D eigenvalue weighted by molar-refractivity contribution is -0.159. The summed E-state index contributed by atoms with van der Waals surface area (Å²) in [6.07, 6.45) is 3.00. The van der Waals surface area contributed by atoms with Crippen LogP contribution in [0.1, 0.15) is 49.1 Å². The number of benzene rings is 1. The van der Waals surface area contributed by atoms with Gasteiger partial charge in [0.1, 0.15) is 6.10 Å². The molecule has 1 aliphatic heterocycles. The Morgan fingerprint density at radius 1 is 1.17 bits per heavy atom. The number of esters is 1. The van der Waals surface area contributed by atoms with Crippen molar-refractivity contribution in [2.45, 2.75) is 50.2 Å². The maximum absolute atomic E-state index is 11.8. The molecule has 0 radical (unpaired) electrons. The Labute approximate surface area is 139 Å². The third-order valence-corrected chi connectivity index (χ3v) is 4.63. The number of ether oxygens (including phenoxy) is 1. The molecule has 1 aliphatic carbocycles. The first-order chi connectivity index (χ1) is 11.5. The van der Waals surface area contributed by atoms with Gasteiger partial charge in [0.2, 0.25) is 5.78 Å². The number of fused-ring (bicyclic) bond motifs is 3. The zero-order valence-electron chi connectivity index (χ0n) is 13.2. The van der Waals surface area contributed by atoms with E-state index in [2.05, 4.69) is 11.1 Å². The van der Waals surface area contributed by atoms with Crippen LogP contribution in [0.4, 0.5) is 0 Å². The zero-order chi connectivity index (χ0) is 17.1. The minimum atomic E-state index is -1.10. The summed E-state index contributed by atoms with van der Waals surface area (Å²) in [5, 5.41) is 8.57. The van der Waals surface area contributed by atoms with Crippen molar-refractivity contribution in [2.75, 3.05) is 0 Å². The molecule has 1 heterocycles. The summed E-state index contributed by atoms with van der Waals surface area (Å²) in [6, 6.07) is 8.23. The fourth-order valence-corrected chi connectivity index (χ4v) is 3.42. The smallest absolute Gasteiger partial charge is 0.374 e. The molecule has 0 bridgehead atoms. The number of hydrogen-bond acceptors (Lipinski definition) is 5.